The van der Waals surface area contributed by atoms with Crippen LogP contribution in [0.15, 0.2) is 18.2 Å². The summed E-state index contributed by atoms with van der Waals surface area (Å²) in [5, 5.41) is 0.738. The van der Waals surface area contributed by atoms with Gasteiger partial charge in [-0.1, -0.05) is 23.2 Å². The largest absolute Gasteiger partial charge is 0.411 e. The van der Waals surface area contributed by atoms with E-state index in [1.165, 1.54) is 12.1 Å². The van der Waals surface area contributed by atoms with Crippen molar-refractivity contribution in [3.8, 4) is 0 Å². The summed E-state index contributed by atoms with van der Waals surface area (Å²) in [5.74, 6) is -0.497. The Balaban J connectivity index is 2.47. The smallest absolute Gasteiger partial charge is 0.364 e. The average molecular weight is 301 g/mol. The Labute approximate surface area is 112 Å². The van der Waals surface area contributed by atoms with Crippen LogP contribution in [0.3, 0.4) is 0 Å². The topological polar surface area (TPSA) is 26.3 Å². The van der Waals surface area contributed by atoms with Crippen LogP contribution in [0, 0.1) is 0 Å². The van der Waals surface area contributed by atoms with Crippen molar-refractivity contribution >= 4 is 29.0 Å². The molecule has 1 aromatic rings. The number of hydrogen-bond donors (Lipinski definition) is 0. The van der Waals surface area contributed by atoms with Crippen LogP contribution in [-0.4, -0.2) is 25.2 Å². The van der Waals surface area contributed by atoms with Crippen molar-refractivity contribution in [1.29, 1.82) is 0 Å². The lowest BCUT2D eigenvalue weighted by Gasteiger charge is -2.07. The van der Waals surface area contributed by atoms with Gasteiger partial charge in [-0.2, -0.15) is 13.2 Å². The van der Waals surface area contributed by atoms with Gasteiger partial charge in [0.2, 0.25) is 0 Å². The zero-order chi connectivity index (χ0) is 13.8. The molecule has 18 heavy (non-hydrogen) atoms. The summed E-state index contributed by atoms with van der Waals surface area (Å²) in [7, 11) is 0. The summed E-state index contributed by atoms with van der Waals surface area (Å²) in [6.45, 7) is -2.05. The van der Waals surface area contributed by atoms with Crippen LogP contribution in [0.25, 0.3) is 0 Å². The second-order valence-electron chi connectivity index (χ2n) is 3.56. The van der Waals surface area contributed by atoms with Gasteiger partial charge in [0, 0.05) is 16.5 Å². The zero-order valence-corrected chi connectivity index (χ0v) is 10.6. The first-order valence-electron chi connectivity index (χ1n) is 4.88. The van der Waals surface area contributed by atoms with E-state index in [0.29, 0.717) is 15.6 Å². The van der Waals surface area contributed by atoms with Gasteiger partial charge in [0.25, 0.3) is 0 Å². The Hall–Kier alpha value is -0.780. The van der Waals surface area contributed by atoms with E-state index in [0.717, 1.165) is 0 Å². The Kier molecular flexibility index (Phi) is 5.44. The monoisotopic (exact) mass is 300 g/mol. The SMILES string of the molecule is O=C(COCC(F)(F)F)Cc1cc(Cl)ccc1Cl. The van der Waals surface area contributed by atoms with Crippen molar-refractivity contribution in [2.75, 3.05) is 13.2 Å². The van der Waals surface area contributed by atoms with Gasteiger partial charge in [-0.15, -0.1) is 0 Å². The summed E-state index contributed by atoms with van der Waals surface area (Å²) in [6.07, 6.45) is -4.55. The highest BCUT2D eigenvalue weighted by atomic mass is 35.5. The molecule has 0 radical (unpaired) electrons. The van der Waals surface area contributed by atoms with Crippen molar-refractivity contribution in [2.45, 2.75) is 12.6 Å². The molecule has 0 amide bonds. The molecule has 0 unspecified atom stereocenters. The van der Waals surface area contributed by atoms with Crippen molar-refractivity contribution in [3.05, 3.63) is 33.8 Å². The van der Waals surface area contributed by atoms with Gasteiger partial charge in [-0.05, 0) is 23.8 Å². The Morgan fingerprint density at radius 2 is 1.94 bits per heavy atom. The van der Waals surface area contributed by atoms with Gasteiger partial charge in [-0.25, -0.2) is 0 Å². The van der Waals surface area contributed by atoms with Crippen LogP contribution in [-0.2, 0) is 16.0 Å². The van der Waals surface area contributed by atoms with Crippen LogP contribution >= 0.6 is 23.2 Å². The highest BCUT2D eigenvalue weighted by Crippen LogP contribution is 2.21. The quantitative estimate of drug-likeness (QED) is 0.829. The molecule has 0 spiro atoms. The van der Waals surface area contributed by atoms with E-state index in [1.807, 2.05) is 0 Å². The minimum absolute atomic E-state index is 0.114. The first kappa shape index (κ1) is 15.3. The molecule has 1 rings (SSSR count). The molecule has 100 valence electrons. The number of rotatable bonds is 5. The maximum absolute atomic E-state index is 11.8. The molecule has 0 aliphatic carbocycles. The van der Waals surface area contributed by atoms with E-state index < -0.39 is 25.2 Å². The van der Waals surface area contributed by atoms with Crippen molar-refractivity contribution in [3.63, 3.8) is 0 Å². The number of carbonyl (C=O) groups is 1. The summed E-state index contributed by atoms with van der Waals surface area (Å²) in [5.41, 5.74) is 0.463. The van der Waals surface area contributed by atoms with Crippen molar-refractivity contribution < 1.29 is 22.7 Å². The fourth-order valence-corrected chi connectivity index (χ4v) is 1.60. The summed E-state index contributed by atoms with van der Waals surface area (Å²) in [4.78, 5) is 11.4. The lowest BCUT2D eigenvalue weighted by molar-refractivity contribution is -0.175. The second kappa shape index (κ2) is 6.41. The molecule has 0 aliphatic heterocycles. The second-order valence-corrected chi connectivity index (χ2v) is 4.40. The fraction of sp³-hybridized carbons (Fsp3) is 0.364. The molecule has 0 fully saturated rings. The number of carbonyl (C=O) groups excluding carboxylic acids is 1. The van der Waals surface area contributed by atoms with Crippen molar-refractivity contribution in [1.82, 2.24) is 0 Å². The van der Waals surface area contributed by atoms with Crippen LogP contribution in [0.2, 0.25) is 10.0 Å². The normalized spacial score (nSPS) is 11.6. The number of benzene rings is 1. The van der Waals surface area contributed by atoms with Gasteiger partial charge in [0.1, 0.15) is 13.2 Å². The molecule has 0 aromatic heterocycles. The first-order chi connectivity index (χ1) is 8.28. The molecule has 0 atom stereocenters. The first-order valence-corrected chi connectivity index (χ1v) is 5.63. The lowest BCUT2D eigenvalue weighted by Crippen LogP contribution is -2.21. The molecule has 2 nitrogen and oxygen atoms in total. The van der Waals surface area contributed by atoms with Crippen LogP contribution < -0.4 is 0 Å². The number of halogens is 5. The number of hydrogen-bond acceptors (Lipinski definition) is 2. The van der Waals surface area contributed by atoms with Gasteiger partial charge < -0.3 is 4.74 Å². The highest BCUT2D eigenvalue weighted by Gasteiger charge is 2.27. The maximum atomic E-state index is 11.8. The van der Waals surface area contributed by atoms with E-state index in [-0.39, 0.29) is 6.42 Å². The molecule has 1 aromatic carbocycles. The molecular formula is C11H9Cl2F3O2. The minimum atomic E-state index is -4.44. The molecule has 7 heteroatoms. The molecule has 0 heterocycles. The molecule has 0 N–H and O–H groups in total. The number of ether oxygens (including phenoxy) is 1. The maximum Gasteiger partial charge on any atom is 0.411 e. The van der Waals surface area contributed by atoms with Gasteiger partial charge in [-0.3, -0.25) is 4.79 Å². The number of alkyl halides is 3. The Morgan fingerprint density at radius 1 is 1.28 bits per heavy atom. The third kappa shape index (κ3) is 5.71. The van der Waals surface area contributed by atoms with E-state index in [4.69, 9.17) is 23.2 Å². The molecule has 0 saturated carbocycles. The lowest BCUT2D eigenvalue weighted by atomic mass is 10.1. The molecular weight excluding hydrogens is 292 g/mol. The third-order valence-corrected chi connectivity index (χ3v) is 2.53. The van der Waals surface area contributed by atoms with E-state index in [2.05, 4.69) is 4.74 Å². The Morgan fingerprint density at radius 3 is 2.56 bits per heavy atom. The summed E-state index contributed by atoms with van der Waals surface area (Å²) >= 11 is 11.5. The predicted molar refractivity (Wildman–Crippen MR) is 62.0 cm³/mol. The van der Waals surface area contributed by atoms with Crippen molar-refractivity contribution in [2.24, 2.45) is 0 Å². The predicted octanol–water partition coefficient (Wildman–Crippen LogP) is 3.68. The van der Waals surface area contributed by atoms with Gasteiger partial charge in [0.05, 0.1) is 0 Å². The van der Waals surface area contributed by atoms with E-state index >= 15 is 0 Å². The van der Waals surface area contributed by atoms with Gasteiger partial charge >= 0.3 is 6.18 Å². The van der Waals surface area contributed by atoms with Crippen LogP contribution in [0.4, 0.5) is 13.2 Å². The van der Waals surface area contributed by atoms with E-state index in [1.54, 1.807) is 6.07 Å². The molecule has 0 bridgehead atoms. The molecule has 0 aliphatic rings. The fourth-order valence-electron chi connectivity index (χ4n) is 1.22. The zero-order valence-electron chi connectivity index (χ0n) is 9.06. The highest BCUT2D eigenvalue weighted by molar-refractivity contribution is 6.33. The molecule has 0 saturated heterocycles. The summed E-state index contributed by atoms with van der Waals surface area (Å²) < 4.78 is 39.6. The number of ketones is 1. The van der Waals surface area contributed by atoms with Gasteiger partial charge in [0.15, 0.2) is 5.78 Å². The van der Waals surface area contributed by atoms with E-state index in [9.17, 15) is 18.0 Å². The Bertz CT molecular complexity index is 433. The average Bonchev–Trinajstić information content (AvgIpc) is 2.21. The standard InChI is InChI=1S/C11H9Cl2F3O2/c12-8-1-2-10(13)7(3-8)4-9(17)5-18-6-11(14,15)16/h1-3H,4-6H2. The minimum Gasteiger partial charge on any atom is -0.364 e. The van der Waals surface area contributed by atoms with Crippen LogP contribution in [0.1, 0.15) is 5.56 Å². The van der Waals surface area contributed by atoms with Crippen LogP contribution in [0.5, 0.6) is 0 Å². The summed E-state index contributed by atoms with van der Waals surface area (Å²) in [6, 6.07) is 4.56. The third-order valence-electron chi connectivity index (χ3n) is 1.92. The number of Topliss-reactive ketones (excluding diaryl/α,β-unsaturated/α-hetero) is 1.